The number of ketones is 1. The zero-order chi connectivity index (χ0) is 18.2. The molecule has 0 aromatic heterocycles. The van der Waals surface area contributed by atoms with Crippen molar-refractivity contribution in [1.29, 1.82) is 0 Å². The van der Waals surface area contributed by atoms with Gasteiger partial charge < -0.3 is 15.4 Å². The van der Waals surface area contributed by atoms with Gasteiger partial charge in [0.15, 0.2) is 12.4 Å². The number of amides is 2. The Labute approximate surface area is 146 Å². The van der Waals surface area contributed by atoms with Gasteiger partial charge in [0.05, 0.1) is 0 Å². The van der Waals surface area contributed by atoms with Crippen LogP contribution in [0.1, 0.15) is 24.2 Å². The second-order valence-corrected chi connectivity index (χ2v) is 5.52. The lowest BCUT2D eigenvalue weighted by atomic mass is 10.1. The van der Waals surface area contributed by atoms with Crippen molar-refractivity contribution in [2.75, 3.05) is 11.9 Å². The summed E-state index contributed by atoms with van der Waals surface area (Å²) in [4.78, 5) is 35.3. The summed E-state index contributed by atoms with van der Waals surface area (Å²) in [6.45, 7) is 2.80. The SMILES string of the molecule is CC(=O)c1cccc(OCC(=O)NC(C)C(=O)Nc2ccccc2)c1. The zero-order valence-electron chi connectivity index (χ0n) is 14.1. The summed E-state index contributed by atoms with van der Waals surface area (Å²) < 4.78 is 5.36. The van der Waals surface area contributed by atoms with Crippen molar-refractivity contribution in [3.05, 3.63) is 60.2 Å². The average molecular weight is 340 g/mol. The van der Waals surface area contributed by atoms with Crippen molar-refractivity contribution in [3.8, 4) is 5.75 Å². The molecule has 2 aromatic carbocycles. The number of hydrogen-bond donors (Lipinski definition) is 2. The third-order valence-corrected chi connectivity index (χ3v) is 3.42. The first-order chi connectivity index (χ1) is 12.0. The molecule has 0 radical (unpaired) electrons. The molecule has 130 valence electrons. The van der Waals surface area contributed by atoms with E-state index in [4.69, 9.17) is 4.74 Å². The number of benzene rings is 2. The maximum absolute atomic E-state index is 12.0. The molecule has 1 unspecified atom stereocenters. The molecular formula is C19H20N2O4. The van der Waals surface area contributed by atoms with Gasteiger partial charge in [0, 0.05) is 11.3 Å². The van der Waals surface area contributed by atoms with Crippen LogP contribution in [-0.2, 0) is 9.59 Å². The first-order valence-corrected chi connectivity index (χ1v) is 7.85. The van der Waals surface area contributed by atoms with Gasteiger partial charge >= 0.3 is 0 Å². The minimum Gasteiger partial charge on any atom is -0.484 e. The van der Waals surface area contributed by atoms with E-state index in [1.807, 2.05) is 18.2 Å². The lowest BCUT2D eigenvalue weighted by molar-refractivity contribution is -0.127. The van der Waals surface area contributed by atoms with E-state index in [-0.39, 0.29) is 18.3 Å². The van der Waals surface area contributed by atoms with Crippen LogP contribution in [0.4, 0.5) is 5.69 Å². The van der Waals surface area contributed by atoms with E-state index in [1.54, 1.807) is 43.3 Å². The summed E-state index contributed by atoms with van der Waals surface area (Å²) in [6, 6.07) is 14.9. The van der Waals surface area contributed by atoms with Crippen LogP contribution >= 0.6 is 0 Å². The minimum atomic E-state index is -0.708. The van der Waals surface area contributed by atoms with Crippen molar-refractivity contribution in [1.82, 2.24) is 5.32 Å². The number of ether oxygens (including phenoxy) is 1. The number of anilines is 1. The van der Waals surface area contributed by atoms with Crippen LogP contribution < -0.4 is 15.4 Å². The Morgan fingerprint density at radius 2 is 1.76 bits per heavy atom. The lowest BCUT2D eigenvalue weighted by Gasteiger charge is -2.14. The van der Waals surface area contributed by atoms with Crippen molar-refractivity contribution in [2.45, 2.75) is 19.9 Å². The van der Waals surface area contributed by atoms with Crippen molar-refractivity contribution in [2.24, 2.45) is 0 Å². The van der Waals surface area contributed by atoms with Crippen LogP contribution in [0.15, 0.2) is 54.6 Å². The molecule has 0 spiro atoms. The smallest absolute Gasteiger partial charge is 0.258 e. The number of nitrogens with one attached hydrogen (secondary N) is 2. The number of rotatable bonds is 7. The topological polar surface area (TPSA) is 84.5 Å². The van der Waals surface area contributed by atoms with E-state index in [1.165, 1.54) is 6.92 Å². The van der Waals surface area contributed by atoms with E-state index < -0.39 is 11.9 Å². The first-order valence-electron chi connectivity index (χ1n) is 7.85. The highest BCUT2D eigenvalue weighted by atomic mass is 16.5. The first kappa shape index (κ1) is 18.2. The largest absolute Gasteiger partial charge is 0.484 e. The predicted octanol–water partition coefficient (Wildman–Crippen LogP) is 2.41. The van der Waals surface area contributed by atoms with Crippen LogP contribution in [0.2, 0.25) is 0 Å². The molecule has 2 N–H and O–H groups in total. The summed E-state index contributed by atoms with van der Waals surface area (Å²) in [6.07, 6.45) is 0. The number of hydrogen-bond acceptors (Lipinski definition) is 4. The summed E-state index contributed by atoms with van der Waals surface area (Å²) in [5, 5.41) is 5.27. The lowest BCUT2D eigenvalue weighted by Crippen LogP contribution is -2.43. The molecule has 0 aliphatic heterocycles. The summed E-state index contributed by atoms with van der Waals surface area (Å²) >= 11 is 0. The Hall–Kier alpha value is -3.15. The molecular weight excluding hydrogens is 320 g/mol. The van der Waals surface area contributed by atoms with Gasteiger partial charge in [0.2, 0.25) is 5.91 Å². The molecule has 2 rings (SSSR count). The quantitative estimate of drug-likeness (QED) is 0.758. The van der Waals surface area contributed by atoms with Crippen molar-refractivity contribution in [3.63, 3.8) is 0 Å². The van der Waals surface area contributed by atoms with Gasteiger partial charge in [-0.25, -0.2) is 0 Å². The second kappa shape index (κ2) is 8.63. The van der Waals surface area contributed by atoms with E-state index in [9.17, 15) is 14.4 Å². The highest BCUT2D eigenvalue weighted by Gasteiger charge is 2.16. The van der Waals surface area contributed by atoms with Crippen LogP contribution in [0.25, 0.3) is 0 Å². The van der Waals surface area contributed by atoms with Crippen LogP contribution in [0.5, 0.6) is 5.75 Å². The molecule has 6 nitrogen and oxygen atoms in total. The Morgan fingerprint density at radius 3 is 2.44 bits per heavy atom. The summed E-state index contributed by atoms with van der Waals surface area (Å²) in [5.74, 6) is -0.410. The maximum Gasteiger partial charge on any atom is 0.258 e. The zero-order valence-corrected chi connectivity index (χ0v) is 14.1. The van der Waals surface area contributed by atoms with Gasteiger partial charge in [-0.15, -0.1) is 0 Å². The average Bonchev–Trinajstić information content (AvgIpc) is 2.61. The van der Waals surface area contributed by atoms with E-state index in [2.05, 4.69) is 10.6 Å². The van der Waals surface area contributed by atoms with E-state index >= 15 is 0 Å². The van der Waals surface area contributed by atoms with Gasteiger partial charge in [-0.05, 0) is 38.1 Å². The number of para-hydroxylation sites is 1. The fourth-order valence-corrected chi connectivity index (χ4v) is 2.07. The van der Waals surface area contributed by atoms with Gasteiger partial charge in [-0.1, -0.05) is 30.3 Å². The standard InChI is InChI=1S/C19H20N2O4/c1-13(19(24)21-16-8-4-3-5-9-16)20-18(23)12-25-17-10-6-7-15(11-17)14(2)22/h3-11,13H,12H2,1-2H3,(H,20,23)(H,21,24). The fraction of sp³-hybridized carbons (Fsp3) is 0.211. The fourth-order valence-electron chi connectivity index (χ4n) is 2.07. The maximum atomic E-state index is 12.0. The van der Waals surface area contributed by atoms with Gasteiger partial charge in [0.1, 0.15) is 11.8 Å². The van der Waals surface area contributed by atoms with Crippen molar-refractivity contribution < 1.29 is 19.1 Å². The van der Waals surface area contributed by atoms with Gasteiger partial charge in [0.25, 0.3) is 5.91 Å². The van der Waals surface area contributed by atoms with Gasteiger partial charge in [-0.3, -0.25) is 14.4 Å². The third kappa shape index (κ3) is 5.76. The molecule has 1 atom stereocenters. The number of carbonyl (C=O) groups is 3. The molecule has 0 saturated carbocycles. The molecule has 25 heavy (non-hydrogen) atoms. The molecule has 6 heteroatoms. The van der Waals surface area contributed by atoms with E-state index in [0.29, 0.717) is 17.0 Å². The van der Waals surface area contributed by atoms with E-state index in [0.717, 1.165) is 0 Å². The molecule has 0 bridgehead atoms. The molecule has 0 heterocycles. The highest BCUT2D eigenvalue weighted by molar-refractivity contribution is 5.97. The van der Waals surface area contributed by atoms with Crippen LogP contribution in [0.3, 0.4) is 0 Å². The monoisotopic (exact) mass is 340 g/mol. The summed E-state index contributed by atoms with van der Waals surface area (Å²) in [5.41, 5.74) is 1.17. The molecule has 0 aliphatic rings. The van der Waals surface area contributed by atoms with Gasteiger partial charge in [-0.2, -0.15) is 0 Å². The molecule has 0 aliphatic carbocycles. The Morgan fingerprint density at radius 1 is 1.04 bits per heavy atom. The second-order valence-electron chi connectivity index (χ2n) is 5.52. The molecule has 0 fully saturated rings. The Bertz CT molecular complexity index is 759. The summed E-state index contributed by atoms with van der Waals surface area (Å²) in [7, 11) is 0. The number of Topliss-reactive ketones (excluding diaryl/α,β-unsaturated/α-hetero) is 1. The molecule has 2 amide bonds. The van der Waals surface area contributed by atoms with Crippen LogP contribution in [-0.4, -0.2) is 30.2 Å². The highest BCUT2D eigenvalue weighted by Crippen LogP contribution is 2.13. The third-order valence-electron chi connectivity index (χ3n) is 3.42. The predicted molar refractivity (Wildman–Crippen MR) is 94.6 cm³/mol. The Kier molecular flexibility index (Phi) is 6.28. The normalized spacial score (nSPS) is 11.3. The van der Waals surface area contributed by atoms with Crippen molar-refractivity contribution >= 4 is 23.3 Å². The molecule has 0 saturated heterocycles. The molecule has 2 aromatic rings. The minimum absolute atomic E-state index is 0.0823. The van der Waals surface area contributed by atoms with Crippen LogP contribution in [0, 0.1) is 0 Å². The number of carbonyl (C=O) groups excluding carboxylic acids is 3. The Balaban J connectivity index is 1.82.